The molecule has 0 aliphatic carbocycles. The zero-order chi connectivity index (χ0) is 12.7. The summed E-state index contributed by atoms with van der Waals surface area (Å²) in [5.41, 5.74) is 6.88. The Hall–Kier alpha value is -1.59. The van der Waals surface area contributed by atoms with E-state index >= 15 is 0 Å². The number of pyridine rings is 1. The molecular formula is C12H9ClN2O2S. The average molecular weight is 281 g/mol. The van der Waals surface area contributed by atoms with Crippen molar-refractivity contribution in [1.82, 2.24) is 4.98 Å². The van der Waals surface area contributed by atoms with Gasteiger partial charge in [0, 0.05) is 16.9 Å². The number of carbonyl (C=O) groups is 1. The van der Waals surface area contributed by atoms with Gasteiger partial charge in [0.1, 0.15) is 16.6 Å². The van der Waals surface area contributed by atoms with Crippen LogP contribution in [0.25, 0.3) is 11.3 Å². The van der Waals surface area contributed by atoms with Crippen molar-refractivity contribution in [2.24, 2.45) is 5.73 Å². The third kappa shape index (κ3) is 1.85. The average Bonchev–Trinajstić information content (AvgIpc) is 2.68. The van der Waals surface area contributed by atoms with Crippen LogP contribution in [0.15, 0.2) is 18.2 Å². The van der Waals surface area contributed by atoms with Gasteiger partial charge in [0.15, 0.2) is 0 Å². The molecule has 0 bridgehead atoms. The lowest BCUT2D eigenvalue weighted by atomic mass is 10.1. The number of nitrogens with two attached hydrogens (primary N) is 1. The monoisotopic (exact) mass is 280 g/mol. The molecule has 0 saturated carbocycles. The molecule has 0 fully saturated rings. The number of halogens is 1. The van der Waals surface area contributed by atoms with Gasteiger partial charge >= 0.3 is 0 Å². The minimum atomic E-state index is -0.419. The number of carbonyl (C=O) groups excluding carboxylic acids is 1. The Balaban J connectivity index is 2.22. The highest BCUT2D eigenvalue weighted by Crippen LogP contribution is 2.38. The number of thiophene rings is 1. The Labute approximate surface area is 112 Å². The van der Waals surface area contributed by atoms with E-state index in [-0.39, 0.29) is 0 Å². The van der Waals surface area contributed by atoms with Crippen molar-refractivity contribution in [2.75, 3.05) is 6.61 Å². The quantitative estimate of drug-likeness (QED) is 0.816. The Morgan fingerprint density at radius 2 is 2.33 bits per heavy atom. The van der Waals surface area contributed by atoms with Crippen molar-refractivity contribution in [3.63, 3.8) is 0 Å². The first-order chi connectivity index (χ1) is 8.65. The fourth-order valence-corrected chi connectivity index (χ4v) is 3.06. The number of hydrogen-bond acceptors (Lipinski definition) is 4. The number of primary amides is 1. The van der Waals surface area contributed by atoms with Crippen LogP contribution >= 0.6 is 22.9 Å². The summed E-state index contributed by atoms with van der Waals surface area (Å²) >= 11 is 7.30. The zero-order valence-corrected chi connectivity index (χ0v) is 10.8. The largest absolute Gasteiger partial charge is 0.491 e. The van der Waals surface area contributed by atoms with Crippen molar-refractivity contribution < 1.29 is 9.53 Å². The van der Waals surface area contributed by atoms with E-state index in [0.717, 1.165) is 16.9 Å². The molecule has 3 rings (SSSR count). The van der Waals surface area contributed by atoms with Crippen molar-refractivity contribution in [2.45, 2.75) is 6.42 Å². The minimum absolute atomic E-state index is 0.400. The maximum Gasteiger partial charge on any atom is 0.258 e. The van der Waals surface area contributed by atoms with Crippen LogP contribution in [0.5, 0.6) is 5.75 Å². The Kier molecular flexibility index (Phi) is 2.72. The molecule has 1 aliphatic rings. The predicted molar refractivity (Wildman–Crippen MR) is 70.3 cm³/mol. The van der Waals surface area contributed by atoms with Crippen LogP contribution in [0.2, 0.25) is 5.15 Å². The predicted octanol–water partition coefficient (Wildman–Crippen LogP) is 2.50. The van der Waals surface area contributed by atoms with Gasteiger partial charge in [-0.05, 0) is 18.2 Å². The number of fused-ring (bicyclic) bond motifs is 3. The number of hydrogen-bond donors (Lipinski definition) is 1. The first-order valence-electron chi connectivity index (χ1n) is 5.37. The molecule has 0 unspecified atom stereocenters. The minimum Gasteiger partial charge on any atom is -0.491 e. The Morgan fingerprint density at radius 3 is 3.11 bits per heavy atom. The summed E-state index contributed by atoms with van der Waals surface area (Å²) < 4.78 is 5.61. The van der Waals surface area contributed by atoms with Gasteiger partial charge in [-0.3, -0.25) is 4.79 Å². The van der Waals surface area contributed by atoms with E-state index < -0.39 is 5.91 Å². The zero-order valence-electron chi connectivity index (χ0n) is 9.27. The van der Waals surface area contributed by atoms with E-state index in [1.807, 2.05) is 0 Å². The summed E-state index contributed by atoms with van der Waals surface area (Å²) in [7, 11) is 0. The molecule has 6 heteroatoms. The molecule has 0 spiro atoms. The van der Waals surface area contributed by atoms with E-state index in [4.69, 9.17) is 22.1 Å². The third-order valence-corrected chi connectivity index (χ3v) is 4.14. The second-order valence-electron chi connectivity index (χ2n) is 3.89. The highest BCUT2D eigenvalue weighted by atomic mass is 35.5. The summed E-state index contributed by atoms with van der Waals surface area (Å²) in [6.07, 6.45) is 0.737. The van der Waals surface area contributed by atoms with Crippen LogP contribution in [0.4, 0.5) is 0 Å². The number of nitrogens with zero attached hydrogens (tertiary/aromatic N) is 1. The van der Waals surface area contributed by atoms with Gasteiger partial charge in [-0.1, -0.05) is 11.6 Å². The standard InChI is InChI=1S/C12H9ClN2O2S/c13-10-2-1-7-11(15-10)6-5-9(12(14)16)18-8(6)3-4-17-7/h1-2,5H,3-4H2,(H2,14,16). The molecule has 1 aliphatic heterocycles. The summed E-state index contributed by atoms with van der Waals surface area (Å²) in [6, 6.07) is 5.24. The second-order valence-corrected chi connectivity index (χ2v) is 5.41. The van der Waals surface area contributed by atoms with Crippen molar-refractivity contribution in [3.05, 3.63) is 33.1 Å². The number of rotatable bonds is 1. The fourth-order valence-electron chi connectivity index (χ4n) is 1.92. The number of ether oxygens (including phenoxy) is 1. The molecule has 3 heterocycles. The molecule has 92 valence electrons. The summed E-state index contributed by atoms with van der Waals surface area (Å²) in [5.74, 6) is 0.268. The maximum absolute atomic E-state index is 11.2. The first-order valence-corrected chi connectivity index (χ1v) is 6.57. The normalized spacial score (nSPS) is 13.2. The molecule has 1 amide bonds. The van der Waals surface area contributed by atoms with Crippen molar-refractivity contribution in [1.29, 1.82) is 0 Å². The van der Waals surface area contributed by atoms with E-state index in [2.05, 4.69) is 4.98 Å². The van der Waals surface area contributed by atoms with Crippen LogP contribution in [0.1, 0.15) is 14.5 Å². The molecule has 0 aromatic carbocycles. The van der Waals surface area contributed by atoms with Gasteiger partial charge in [-0.15, -0.1) is 11.3 Å². The number of aromatic nitrogens is 1. The van der Waals surface area contributed by atoms with E-state index in [9.17, 15) is 4.79 Å². The molecule has 0 radical (unpaired) electrons. The summed E-state index contributed by atoms with van der Waals surface area (Å²) in [6.45, 7) is 0.558. The Bertz CT molecular complexity index is 639. The fraction of sp³-hybridized carbons (Fsp3) is 0.167. The molecule has 2 N–H and O–H groups in total. The summed E-state index contributed by atoms with van der Waals surface area (Å²) in [5, 5.41) is 0.400. The molecule has 0 atom stereocenters. The lowest BCUT2D eigenvalue weighted by Gasteiger charge is -2.05. The smallest absolute Gasteiger partial charge is 0.258 e. The number of amides is 1. The lowest BCUT2D eigenvalue weighted by molar-refractivity contribution is 0.100. The molecule has 4 nitrogen and oxygen atoms in total. The van der Waals surface area contributed by atoms with E-state index in [1.165, 1.54) is 11.3 Å². The van der Waals surface area contributed by atoms with Crippen LogP contribution in [0, 0.1) is 0 Å². The van der Waals surface area contributed by atoms with Gasteiger partial charge in [-0.2, -0.15) is 0 Å². The topological polar surface area (TPSA) is 65.2 Å². The van der Waals surface area contributed by atoms with Crippen LogP contribution in [-0.4, -0.2) is 17.5 Å². The van der Waals surface area contributed by atoms with Gasteiger partial charge in [0.2, 0.25) is 0 Å². The highest BCUT2D eigenvalue weighted by Gasteiger charge is 2.21. The molecule has 0 saturated heterocycles. The van der Waals surface area contributed by atoms with Crippen LogP contribution in [-0.2, 0) is 6.42 Å². The van der Waals surface area contributed by atoms with Crippen molar-refractivity contribution in [3.8, 4) is 17.0 Å². The third-order valence-electron chi connectivity index (χ3n) is 2.72. The van der Waals surface area contributed by atoms with Gasteiger partial charge in [-0.25, -0.2) is 4.98 Å². The van der Waals surface area contributed by atoms with E-state index in [1.54, 1.807) is 18.2 Å². The Morgan fingerprint density at radius 1 is 1.50 bits per heavy atom. The summed E-state index contributed by atoms with van der Waals surface area (Å²) in [4.78, 5) is 17.1. The van der Waals surface area contributed by atoms with Crippen molar-refractivity contribution >= 4 is 28.8 Å². The second kappa shape index (κ2) is 4.26. The van der Waals surface area contributed by atoms with Crippen LogP contribution < -0.4 is 10.5 Å². The van der Waals surface area contributed by atoms with Crippen LogP contribution in [0.3, 0.4) is 0 Å². The molecule has 2 aromatic heterocycles. The first kappa shape index (κ1) is 11.5. The van der Waals surface area contributed by atoms with E-state index in [0.29, 0.717) is 28.1 Å². The SMILES string of the molecule is NC(=O)c1cc2c(s1)CCOc1ccc(Cl)nc1-2. The molecular weight excluding hydrogens is 272 g/mol. The lowest BCUT2D eigenvalue weighted by Crippen LogP contribution is -2.08. The maximum atomic E-state index is 11.2. The van der Waals surface area contributed by atoms with Gasteiger partial charge in [0.25, 0.3) is 5.91 Å². The van der Waals surface area contributed by atoms with Gasteiger partial charge < -0.3 is 10.5 Å². The van der Waals surface area contributed by atoms with Gasteiger partial charge in [0.05, 0.1) is 11.5 Å². The molecule has 2 aromatic rings. The highest BCUT2D eigenvalue weighted by molar-refractivity contribution is 7.14. The molecule has 18 heavy (non-hydrogen) atoms.